The van der Waals surface area contributed by atoms with E-state index >= 15 is 0 Å². The molecule has 0 aromatic heterocycles. The van der Waals surface area contributed by atoms with Gasteiger partial charge >= 0.3 is 0 Å². The van der Waals surface area contributed by atoms with Gasteiger partial charge in [-0.15, -0.1) is 0 Å². The first-order valence-electron chi connectivity index (χ1n) is 5.17. The van der Waals surface area contributed by atoms with Gasteiger partial charge in [0.1, 0.15) is 0 Å². The molecule has 2 rings (SSSR count). The summed E-state index contributed by atoms with van der Waals surface area (Å²) in [6, 6.07) is 16.5. The third-order valence-electron chi connectivity index (χ3n) is 2.55. The Morgan fingerprint density at radius 2 is 1.31 bits per heavy atom. The topological polar surface area (TPSA) is 0 Å². The summed E-state index contributed by atoms with van der Waals surface area (Å²) in [6.45, 7) is 2.12. The molecule has 1 unspecified atom stereocenters. The van der Waals surface area contributed by atoms with E-state index < -0.39 is 0 Å². The van der Waals surface area contributed by atoms with Crippen LogP contribution in [0.25, 0.3) is 11.1 Å². The van der Waals surface area contributed by atoms with Gasteiger partial charge in [-0.1, -0.05) is 63.9 Å². The van der Waals surface area contributed by atoms with Crippen molar-refractivity contribution < 1.29 is 0 Å². The van der Waals surface area contributed by atoms with E-state index in [0.717, 1.165) is 5.02 Å². The Hall–Kier alpha value is -0.790. The van der Waals surface area contributed by atoms with Crippen LogP contribution in [-0.2, 0) is 0 Å². The Labute approximate surface area is 109 Å². The van der Waals surface area contributed by atoms with Crippen molar-refractivity contribution in [2.75, 3.05) is 0 Å². The summed E-state index contributed by atoms with van der Waals surface area (Å²) >= 11 is 9.42. The molecule has 1 atom stereocenters. The van der Waals surface area contributed by atoms with Gasteiger partial charge in [-0.05, 0) is 35.7 Å². The maximum Gasteiger partial charge on any atom is 0.0406 e. The number of rotatable bonds is 2. The number of benzene rings is 2. The summed E-state index contributed by atoms with van der Waals surface area (Å²) in [5.74, 6) is 0. The highest BCUT2D eigenvalue weighted by Gasteiger charge is 2.01. The van der Waals surface area contributed by atoms with Crippen molar-refractivity contribution >= 4 is 27.5 Å². The van der Waals surface area contributed by atoms with Crippen LogP contribution in [0.15, 0.2) is 48.5 Å². The highest BCUT2D eigenvalue weighted by Crippen LogP contribution is 2.26. The van der Waals surface area contributed by atoms with Gasteiger partial charge in [0.05, 0.1) is 0 Å². The van der Waals surface area contributed by atoms with Crippen LogP contribution in [0.1, 0.15) is 17.3 Å². The third-order valence-corrected chi connectivity index (χ3v) is 3.33. The van der Waals surface area contributed by atoms with Crippen LogP contribution in [0.3, 0.4) is 0 Å². The quantitative estimate of drug-likeness (QED) is 0.645. The smallest absolute Gasteiger partial charge is 0.0406 e. The van der Waals surface area contributed by atoms with Crippen molar-refractivity contribution in [3.8, 4) is 11.1 Å². The molecule has 16 heavy (non-hydrogen) atoms. The fraction of sp³-hybridized carbons (Fsp3) is 0.143. The van der Waals surface area contributed by atoms with Crippen LogP contribution in [0.4, 0.5) is 0 Å². The Kier molecular flexibility index (Phi) is 3.67. The van der Waals surface area contributed by atoms with E-state index in [1.165, 1.54) is 16.7 Å². The SMILES string of the molecule is CC(Br)c1ccc(-c2ccc(Cl)cc2)cc1. The Morgan fingerprint density at radius 3 is 1.75 bits per heavy atom. The average Bonchev–Trinajstić information content (AvgIpc) is 2.30. The Balaban J connectivity index is 2.31. The van der Waals surface area contributed by atoms with Crippen LogP contribution in [-0.4, -0.2) is 0 Å². The molecule has 0 aliphatic carbocycles. The number of alkyl halides is 1. The predicted octanol–water partition coefficient (Wildman–Crippen LogP) is 5.46. The minimum atomic E-state index is 0.395. The van der Waals surface area contributed by atoms with Gasteiger partial charge < -0.3 is 0 Å². The van der Waals surface area contributed by atoms with Crippen molar-refractivity contribution in [2.45, 2.75) is 11.8 Å². The van der Waals surface area contributed by atoms with Crippen molar-refractivity contribution in [1.29, 1.82) is 0 Å². The maximum atomic E-state index is 5.86. The molecule has 0 fully saturated rings. The second kappa shape index (κ2) is 5.03. The average molecular weight is 296 g/mol. The van der Waals surface area contributed by atoms with Crippen LogP contribution in [0.5, 0.6) is 0 Å². The van der Waals surface area contributed by atoms with E-state index in [0.29, 0.717) is 4.83 Å². The lowest BCUT2D eigenvalue weighted by Crippen LogP contribution is -1.83. The van der Waals surface area contributed by atoms with Crippen molar-refractivity contribution in [3.63, 3.8) is 0 Å². The second-order valence-electron chi connectivity index (χ2n) is 3.74. The minimum Gasteiger partial charge on any atom is -0.0843 e. The molecule has 0 aliphatic heterocycles. The highest BCUT2D eigenvalue weighted by atomic mass is 79.9. The molecule has 0 N–H and O–H groups in total. The molecule has 82 valence electrons. The van der Waals surface area contributed by atoms with E-state index in [9.17, 15) is 0 Å². The van der Waals surface area contributed by atoms with Crippen LogP contribution in [0.2, 0.25) is 5.02 Å². The van der Waals surface area contributed by atoms with Gasteiger partial charge in [-0.25, -0.2) is 0 Å². The van der Waals surface area contributed by atoms with E-state index in [4.69, 9.17) is 11.6 Å². The van der Waals surface area contributed by atoms with Crippen molar-refractivity contribution in [2.24, 2.45) is 0 Å². The molecule has 2 aromatic carbocycles. The Bertz CT molecular complexity index is 457. The molecule has 0 saturated carbocycles. The normalized spacial score (nSPS) is 12.4. The number of hydrogen-bond donors (Lipinski definition) is 0. The van der Waals surface area contributed by atoms with E-state index in [1.807, 2.05) is 24.3 Å². The molecule has 0 spiro atoms. The fourth-order valence-corrected chi connectivity index (χ4v) is 2.01. The first-order chi connectivity index (χ1) is 7.66. The van der Waals surface area contributed by atoms with Gasteiger partial charge in [-0.2, -0.15) is 0 Å². The molecule has 0 saturated heterocycles. The fourth-order valence-electron chi connectivity index (χ4n) is 1.58. The highest BCUT2D eigenvalue weighted by molar-refractivity contribution is 9.09. The Morgan fingerprint density at radius 1 is 0.875 bits per heavy atom. The minimum absolute atomic E-state index is 0.395. The summed E-state index contributed by atoms with van der Waals surface area (Å²) in [6.07, 6.45) is 0. The second-order valence-corrected chi connectivity index (χ2v) is 5.55. The zero-order chi connectivity index (χ0) is 11.5. The first-order valence-corrected chi connectivity index (χ1v) is 6.46. The molecule has 2 heteroatoms. The third kappa shape index (κ3) is 2.66. The lowest BCUT2D eigenvalue weighted by molar-refractivity contribution is 1.12. The molecule has 0 heterocycles. The molecule has 0 nitrogen and oxygen atoms in total. The largest absolute Gasteiger partial charge is 0.0843 e. The summed E-state index contributed by atoms with van der Waals surface area (Å²) in [5, 5.41) is 0.773. The van der Waals surface area contributed by atoms with E-state index in [-0.39, 0.29) is 0 Å². The molecular weight excluding hydrogens is 284 g/mol. The summed E-state index contributed by atoms with van der Waals surface area (Å²) < 4.78 is 0. The van der Waals surface area contributed by atoms with Crippen LogP contribution in [0, 0.1) is 0 Å². The molecule has 2 aromatic rings. The van der Waals surface area contributed by atoms with Gasteiger partial charge in [0.15, 0.2) is 0 Å². The lowest BCUT2D eigenvalue weighted by Gasteiger charge is -2.06. The predicted molar refractivity (Wildman–Crippen MR) is 74.2 cm³/mol. The van der Waals surface area contributed by atoms with E-state index in [1.54, 1.807) is 0 Å². The van der Waals surface area contributed by atoms with Crippen molar-refractivity contribution in [1.82, 2.24) is 0 Å². The van der Waals surface area contributed by atoms with Crippen LogP contribution >= 0.6 is 27.5 Å². The monoisotopic (exact) mass is 294 g/mol. The molecular formula is C14H12BrCl. The summed E-state index contributed by atoms with van der Waals surface area (Å²) in [5.41, 5.74) is 3.70. The number of halogens is 2. The maximum absolute atomic E-state index is 5.86. The van der Waals surface area contributed by atoms with Gasteiger partial charge in [-0.3, -0.25) is 0 Å². The first kappa shape index (κ1) is 11.7. The van der Waals surface area contributed by atoms with E-state index in [2.05, 4.69) is 47.1 Å². The van der Waals surface area contributed by atoms with Gasteiger partial charge in [0, 0.05) is 9.85 Å². The van der Waals surface area contributed by atoms with Crippen LogP contribution < -0.4 is 0 Å². The van der Waals surface area contributed by atoms with Gasteiger partial charge in [0.2, 0.25) is 0 Å². The summed E-state index contributed by atoms with van der Waals surface area (Å²) in [7, 11) is 0. The molecule has 0 amide bonds. The zero-order valence-corrected chi connectivity index (χ0v) is 11.3. The molecule has 0 aliphatic rings. The molecule has 0 bridgehead atoms. The summed E-state index contributed by atoms with van der Waals surface area (Å²) in [4.78, 5) is 0.395. The zero-order valence-electron chi connectivity index (χ0n) is 8.95. The molecule has 0 radical (unpaired) electrons. The van der Waals surface area contributed by atoms with Gasteiger partial charge in [0.25, 0.3) is 0 Å². The standard InChI is InChI=1S/C14H12BrCl/c1-10(15)11-2-4-12(5-3-11)13-6-8-14(16)9-7-13/h2-10H,1H3. The van der Waals surface area contributed by atoms with Crippen molar-refractivity contribution in [3.05, 3.63) is 59.1 Å². The number of hydrogen-bond acceptors (Lipinski definition) is 0. The lowest BCUT2D eigenvalue weighted by atomic mass is 10.0.